The van der Waals surface area contributed by atoms with Gasteiger partial charge in [0.2, 0.25) is 5.91 Å². The SMILES string of the molecule is O=C(Nc1ccccc1C1SCC(=O)N1c1ccccc1F)c1ccc(F)cc1. The van der Waals surface area contributed by atoms with Crippen molar-refractivity contribution >= 4 is 35.0 Å². The topological polar surface area (TPSA) is 49.4 Å². The Morgan fingerprint density at radius 2 is 1.66 bits per heavy atom. The summed E-state index contributed by atoms with van der Waals surface area (Å²) in [6, 6.07) is 18.4. The molecule has 1 unspecified atom stereocenters. The number of halogens is 2. The Morgan fingerprint density at radius 3 is 2.41 bits per heavy atom. The number of rotatable bonds is 4. The quantitative estimate of drug-likeness (QED) is 0.659. The standard InChI is InChI=1S/C22H16F2N2O2S/c23-15-11-9-14(10-12-15)21(28)25-18-7-3-1-5-16(18)22-26(20(27)13-29-22)19-8-4-2-6-17(19)24/h1-12,22H,13H2,(H,25,28). The number of nitrogens with one attached hydrogen (secondary N) is 1. The molecule has 0 spiro atoms. The highest BCUT2D eigenvalue weighted by molar-refractivity contribution is 8.00. The number of benzene rings is 3. The highest BCUT2D eigenvalue weighted by atomic mass is 32.2. The second kappa shape index (κ2) is 8.05. The molecule has 0 bridgehead atoms. The van der Waals surface area contributed by atoms with Crippen LogP contribution in [0.25, 0.3) is 0 Å². The molecule has 0 saturated carbocycles. The van der Waals surface area contributed by atoms with Crippen molar-refractivity contribution in [2.45, 2.75) is 5.37 Å². The van der Waals surface area contributed by atoms with E-state index in [2.05, 4.69) is 5.32 Å². The lowest BCUT2D eigenvalue weighted by molar-refractivity contribution is -0.115. The van der Waals surface area contributed by atoms with Crippen LogP contribution in [-0.4, -0.2) is 17.6 Å². The van der Waals surface area contributed by atoms with E-state index >= 15 is 0 Å². The van der Waals surface area contributed by atoms with Crippen LogP contribution in [0.4, 0.5) is 20.2 Å². The molecule has 29 heavy (non-hydrogen) atoms. The second-order valence-corrected chi connectivity index (χ2v) is 7.50. The number of amides is 2. The largest absolute Gasteiger partial charge is 0.322 e. The Bertz CT molecular complexity index is 1070. The summed E-state index contributed by atoms with van der Waals surface area (Å²) in [5, 5.41) is 2.34. The van der Waals surface area contributed by atoms with Crippen molar-refractivity contribution in [1.82, 2.24) is 0 Å². The third kappa shape index (κ3) is 3.86. The lowest BCUT2D eigenvalue weighted by atomic mass is 10.1. The van der Waals surface area contributed by atoms with Crippen LogP contribution < -0.4 is 10.2 Å². The molecular weight excluding hydrogens is 394 g/mol. The normalized spacial score (nSPS) is 16.1. The first-order chi connectivity index (χ1) is 14.0. The molecule has 3 aromatic carbocycles. The molecule has 4 nitrogen and oxygen atoms in total. The summed E-state index contributed by atoms with van der Waals surface area (Å²) in [5.74, 6) is -1.31. The minimum atomic E-state index is -0.485. The lowest BCUT2D eigenvalue weighted by Gasteiger charge is -2.26. The zero-order valence-electron chi connectivity index (χ0n) is 15.1. The van der Waals surface area contributed by atoms with Crippen molar-refractivity contribution in [2.75, 3.05) is 16.0 Å². The molecule has 1 atom stereocenters. The Morgan fingerprint density at radius 1 is 0.966 bits per heavy atom. The van der Waals surface area contributed by atoms with Crippen molar-refractivity contribution in [3.63, 3.8) is 0 Å². The zero-order valence-corrected chi connectivity index (χ0v) is 16.0. The Balaban J connectivity index is 1.67. The molecule has 3 aromatic rings. The first kappa shape index (κ1) is 19.1. The first-order valence-corrected chi connectivity index (χ1v) is 9.93. The van der Waals surface area contributed by atoms with Gasteiger partial charge >= 0.3 is 0 Å². The van der Waals surface area contributed by atoms with Crippen LogP contribution in [0, 0.1) is 11.6 Å². The van der Waals surface area contributed by atoms with Gasteiger partial charge in [-0.15, -0.1) is 11.8 Å². The second-order valence-electron chi connectivity index (χ2n) is 6.43. The number of hydrogen-bond donors (Lipinski definition) is 1. The number of thioether (sulfide) groups is 1. The number of anilines is 2. The molecule has 2 amide bonds. The predicted molar refractivity (Wildman–Crippen MR) is 110 cm³/mol. The van der Waals surface area contributed by atoms with Crippen LogP contribution in [0.2, 0.25) is 0 Å². The third-order valence-electron chi connectivity index (χ3n) is 4.56. The first-order valence-electron chi connectivity index (χ1n) is 8.88. The smallest absolute Gasteiger partial charge is 0.255 e. The maximum Gasteiger partial charge on any atom is 0.255 e. The van der Waals surface area contributed by atoms with Crippen molar-refractivity contribution in [1.29, 1.82) is 0 Å². The average molecular weight is 410 g/mol. The van der Waals surface area contributed by atoms with Gasteiger partial charge in [-0.05, 0) is 42.5 Å². The fourth-order valence-corrected chi connectivity index (χ4v) is 4.39. The van der Waals surface area contributed by atoms with Crippen molar-refractivity contribution < 1.29 is 18.4 Å². The van der Waals surface area contributed by atoms with Gasteiger partial charge in [-0.2, -0.15) is 0 Å². The van der Waals surface area contributed by atoms with Gasteiger partial charge in [-0.3, -0.25) is 14.5 Å². The summed E-state index contributed by atoms with van der Waals surface area (Å²) >= 11 is 1.36. The molecule has 146 valence electrons. The van der Waals surface area contributed by atoms with E-state index in [1.165, 1.54) is 47.0 Å². The van der Waals surface area contributed by atoms with E-state index < -0.39 is 22.9 Å². The van der Waals surface area contributed by atoms with Crippen LogP contribution in [0.5, 0.6) is 0 Å². The van der Waals surface area contributed by atoms with Crippen LogP contribution >= 0.6 is 11.8 Å². The maximum atomic E-state index is 14.4. The molecule has 1 aliphatic heterocycles. The highest BCUT2D eigenvalue weighted by Crippen LogP contribution is 2.44. The molecule has 4 rings (SSSR count). The van der Waals surface area contributed by atoms with Crippen molar-refractivity contribution in [3.8, 4) is 0 Å². The molecule has 0 aliphatic carbocycles. The number of nitrogens with zero attached hydrogens (tertiary/aromatic N) is 1. The molecule has 1 aliphatic rings. The van der Waals surface area contributed by atoms with E-state index in [0.717, 1.165) is 0 Å². The summed E-state index contributed by atoms with van der Waals surface area (Å²) < 4.78 is 27.5. The van der Waals surface area contributed by atoms with Gasteiger partial charge in [-0.25, -0.2) is 8.78 Å². The molecular formula is C22H16F2N2O2S. The van der Waals surface area contributed by atoms with Gasteiger partial charge < -0.3 is 5.32 Å². The van der Waals surface area contributed by atoms with Gasteiger partial charge in [0.05, 0.1) is 11.4 Å². The number of carbonyl (C=O) groups excluding carboxylic acids is 2. The fraction of sp³-hybridized carbons (Fsp3) is 0.0909. The van der Waals surface area contributed by atoms with Crippen LogP contribution in [0.1, 0.15) is 21.3 Å². The Kier molecular flexibility index (Phi) is 5.31. The van der Waals surface area contributed by atoms with E-state index in [1.807, 2.05) is 0 Å². The van der Waals surface area contributed by atoms with Gasteiger partial charge in [0.25, 0.3) is 5.91 Å². The summed E-state index contributed by atoms with van der Waals surface area (Å²) in [4.78, 5) is 26.5. The van der Waals surface area contributed by atoms with Gasteiger partial charge in [0.15, 0.2) is 0 Å². The minimum absolute atomic E-state index is 0.201. The average Bonchev–Trinajstić information content (AvgIpc) is 3.10. The molecule has 0 radical (unpaired) electrons. The van der Waals surface area contributed by atoms with Gasteiger partial charge in [0, 0.05) is 16.8 Å². The minimum Gasteiger partial charge on any atom is -0.322 e. The van der Waals surface area contributed by atoms with E-state index in [9.17, 15) is 18.4 Å². The molecule has 0 aromatic heterocycles. The van der Waals surface area contributed by atoms with Crippen molar-refractivity contribution in [3.05, 3.63) is 95.6 Å². The highest BCUT2D eigenvalue weighted by Gasteiger charge is 2.36. The van der Waals surface area contributed by atoms with Crippen LogP contribution in [-0.2, 0) is 4.79 Å². The van der Waals surface area contributed by atoms with Crippen molar-refractivity contribution in [2.24, 2.45) is 0 Å². The van der Waals surface area contributed by atoms with Gasteiger partial charge in [-0.1, -0.05) is 30.3 Å². The third-order valence-corrected chi connectivity index (χ3v) is 5.76. The molecule has 7 heteroatoms. The molecule has 1 heterocycles. The van der Waals surface area contributed by atoms with Gasteiger partial charge in [0.1, 0.15) is 17.0 Å². The van der Waals surface area contributed by atoms with E-state index in [-0.39, 0.29) is 17.3 Å². The fourth-order valence-electron chi connectivity index (χ4n) is 3.18. The monoisotopic (exact) mass is 410 g/mol. The number of hydrogen-bond acceptors (Lipinski definition) is 3. The predicted octanol–water partition coefficient (Wildman–Crippen LogP) is 5.00. The Hall–Kier alpha value is -3.19. The molecule has 1 N–H and O–H groups in total. The summed E-state index contributed by atoms with van der Waals surface area (Å²) in [5.41, 5.74) is 1.70. The van der Waals surface area contributed by atoms with E-state index in [1.54, 1.807) is 42.5 Å². The summed E-state index contributed by atoms with van der Waals surface area (Å²) in [6.07, 6.45) is 0. The lowest BCUT2D eigenvalue weighted by Crippen LogP contribution is -2.29. The Labute approximate surface area is 170 Å². The van der Waals surface area contributed by atoms with Crippen LogP contribution in [0.3, 0.4) is 0 Å². The molecule has 1 saturated heterocycles. The summed E-state index contributed by atoms with van der Waals surface area (Å²) in [7, 11) is 0. The molecule has 1 fully saturated rings. The van der Waals surface area contributed by atoms with E-state index in [4.69, 9.17) is 0 Å². The zero-order chi connectivity index (χ0) is 20.4. The maximum absolute atomic E-state index is 14.4. The number of carbonyl (C=O) groups is 2. The summed E-state index contributed by atoms with van der Waals surface area (Å²) in [6.45, 7) is 0. The number of para-hydroxylation sites is 2. The van der Waals surface area contributed by atoms with E-state index in [0.29, 0.717) is 16.8 Å². The van der Waals surface area contributed by atoms with Crippen LogP contribution in [0.15, 0.2) is 72.8 Å².